The van der Waals surface area contributed by atoms with Gasteiger partial charge in [-0.15, -0.1) is 0 Å². The standard InChI is InChI=1S/C16H26N4O2S/c1-4-22-11-13-19-14-15(12(2)10-18-16(14)17)20(13)8-6-5-7-9-23(3)21/h10H,4-9,11H2,1-3H3,(H2,17,18). The summed E-state index contributed by atoms with van der Waals surface area (Å²) in [4.78, 5) is 8.84. The lowest BCUT2D eigenvalue weighted by atomic mass is 10.2. The Bertz CT molecular complexity index is 643. The molecule has 0 aliphatic heterocycles. The van der Waals surface area contributed by atoms with E-state index in [-0.39, 0.29) is 0 Å². The van der Waals surface area contributed by atoms with Gasteiger partial charge in [0.2, 0.25) is 0 Å². The van der Waals surface area contributed by atoms with Gasteiger partial charge < -0.3 is 19.6 Å². The summed E-state index contributed by atoms with van der Waals surface area (Å²) >= 11 is -0.707. The molecule has 1 atom stereocenters. The predicted octanol–water partition coefficient (Wildman–Crippen LogP) is 2.41. The number of fused-ring (bicyclic) bond motifs is 1. The van der Waals surface area contributed by atoms with Gasteiger partial charge in [-0.2, -0.15) is 0 Å². The molecule has 2 N–H and O–H groups in total. The van der Waals surface area contributed by atoms with E-state index in [1.807, 2.05) is 13.8 Å². The van der Waals surface area contributed by atoms with Crippen LogP contribution in [-0.4, -0.2) is 37.7 Å². The fourth-order valence-corrected chi connectivity index (χ4v) is 3.27. The van der Waals surface area contributed by atoms with Crippen LogP contribution in [0.2, 0.25) is 0 Å². The average Bonchev–Trinajstić information content (AvgIpc) is 2.88. The zero-order valence-corrected chi connectivity index (χ0v) is 15.0. The van der Waals surface area contributed by atoms with Crippen LogP contribution in [0.1, 0.15) is 37.6 Å². The number of nitrogens with zero attached hydrogens (tertiary/aromatic N) is 3. The first-order chi connectivity index (χ1) is 11.0. The summed E-state index contributed by atoms with van der Waals surface area (Å²) in [5.74, 6) is 2.12. The molecule has 2 rings (SSSR count). The van der Waals surface area contributed by atoms with E-state index in [4.69, 9.17) is 10.5 Å². The van der Waals surface area contributed by atoms with Gasteiger partial charge in [0.25, 0.3) is 0 Å². The van der Waals surface area contributed by atoms with Gasteiger partial charge in [0.05, 0.1) is 11.8 Å². The molecule has 2 aromatic heterocycles. The number of hydrogen-bond acceptors (Lipinski definition) is 5. The summed E-state index contributed by atoms with van der Waals surface area (Å²) in [5.41, 5.74) is 8.86. The van der Waals surface area contributed by atoms with E-state index in [1.165, 1.54) is 0 Å². The largest absolute Gasteiger partial charge is 0.617 e. The number of anilines is 1. The number of hydrogen-bond donors (Lipinski definition) is 1. The van der Waals surface area contributed by atoms with Crippen LogP contribution in [-0.2, 0) is 29.1 Å². The van der Waals surface area contributed by atoms with E-state index >= 15 is 0 Å². The molecule has 0 aromatic carbocycles. The van der Waals surface area contributed by atoms with E-state index in [0.717, 1.165) is 54.0 Å². The Labute approximate surface area is 140 Å². The van der Waals surface area contributed by atoms with Crippen LogP contribution in [0.3, 0.4) is 0 Å². The van der Waals surface area contributed by atoms with Crippen LogP contribution >= 0.6 is 0 Å². The van der Waals surface area contributed by atoms with Crippen molar-refractivity contribution < 1.29 is 9.29 Å². The molecule has 0 saturated heterocycles. The first-order valence-corrected chi connectivity index (χ1v) is 9.75. The van der Waals surface area contributed by atoms with Crippen LogP contribution in [0.5, 0.6) is 0 Å². The van der Waals surface area contributed by atoms with Crippen LogP contribution < -0.4 is 5.73 Å². The van der Waals surface area contributed by atoms with Crippen LogP contribution in [0.25, 0.3) is 11.0 Å². The fraction of sp³-hybridized carbons (Fsp3) is 0.625. The number of aryl methyl sites for hydroxylation is 2. The highest BCUT2D eigenvalue weighted by atomic mass is 32.2. The normalized spacial score (nSPS) is 12.9. The number of nitrogen functional groups attached to an aromatic ring is 1. The zero-order valence-electron chi connectivity index (χ0n) is 14.2. The first-order valence-electron chi connectivity index (χ1n) is 8.02. The van der Waals surface area contributed by atoms with Gasteiger partial charge in [0.1, 0.15) is 23.7 Å². The molecule has 0 bridgehead atoms. The number of rotatable bonds is 9. The summed E-state index contributed by atoms with van der Waals surface area (Å²) in [6, 6.07) is 0. The number of pyridine rings is 1. The molecule has 23 heavy (non-hydrogen) atoms. The molecule has 0 saturated carbocycles. The highest BCUT2D eigenvalue weighted by Crippen LogP contribution is 2.24. The second-order valence-corrected chi connectivity index (χ2v) is 7.23. The summed E-state index contributed by atoms with van der Waals surface area (Å²) in [6.45, 7) is 5.98. The third kappa shape index (κ3) is 4.59. The molecule has 0 amide bonds. The molecule has 6 nitrogen and oxygen atoms in total. The minimum atomic E-state index is -0.707. The van der Waals surface area contributed by atoms with Gasteiger partial charge in [-0.1, -0.05) is 11.2 Å². The van der Waals surface area contributed by atoms with Gasteiger partial charge in [-0.25, -0.2) is 9.97 Å². The molecular weight excluding hydrogens is 312 g/mol. The Kier molecular flexibility index (Phi) is 6.68. The monoisotopic (exact) mass is 338 g/mol. The van der Waals surface area contributed by atoms with Gasteiger partial charge in [-0.3, -0.25) is 0 Å². The number of unbranched alkanes of at least 4 members (excludes halogenated alkanes) is 2. The summed E-state index contributed by atoms with van der Waals surface area (Å²) in [6.07, 6.45) is 6.60. The second-order valence-electron chi connectivity index (χ2n) is 5.68. The maximum Gasteiger partial charge on any atom is 0.151 e. The Morgan fingerprint density at radius 2 is 2.13 bits per heavy atom. The van der Waals surface area contributed by atoms with Crippen molar-refractivity contribution in [2.24, 2.45) is 0 Å². The molecule has 0 radical (unpaired) electrons. The first kappa shape index (κ1) is 18.0. The molecule has 7 heteroatoms. The van der Waals surface area contributed by atoms with Crippen molar-refractivity contribution in [3.63, 3.8) is 0 Å². The predicted molar refractivity (Wildman–Crippen MR) is 94.8 cm³/mol. The average molecular weight is 338 g/mol. The van der Waals surface area contributed by atoms with E-state index in [2.05, 4.69) is 14.5 Å². The molecular formula is C16H26N4O2S. The molecule has 0 aliphatic rings. The number of aromatic nitrogens is 3. The summed E-state index contributed by atoms with van der Waals surface area (Å²) in [5, 5.41) is 0. The summed E-state index contributed by atoms with van der Waals surface area (Å²) in [7, 11) is 0. The Balaban J connectivity index is 2.19. The van der Waals surface area contributed by atoms with Crippen molar-refractivity contribution in [1.29, 1.82) is 0 Å². The van der Waals surface area contributed by atoms with Gasteiger partial charge in [0, 0.05) is 19.3 Å². The van der Waals surface area contributed by atoms with Gasteiger partial charge >= 0.3 is 0 Å². The molecule has 0 fully saturated rings. The zero-order chi connectivity index (χ0) is 16.8. The number of nitrogens with two attached hydrogens (primary N) is 1. The minimum absolute atomic E-state index is 0.462. The second kappa shape index (κ2) is 8.52. The van der Waals surface area contributed by atoms with Crippen molar-refractivity contribution in [2.45, 2.75) is 46.3 Å². The molecule has 2 aromatic rings. The minimum Gasteiger partial charge on any atom is -0.617 e. The van der Waals surface area contributed by atoms with Gasteiger partial charge in [0.15, 0.2) is 5.82 Å². The number of imidazole rings is 1. The van der Waals surface area contributed by atoms with Crippen LogP contribution in [0.15, 0.2) is 6.20 Å². The highest BCUT2D eigenvalue weighted by Gasteiger charge is 2.15. The van der Waals surface area contributed by atoms with E-state index in [9.17, 15) is 4.55 Å². The Morgan fingerprint density at radius 1 is 1.35 bits per heavy atom. The smallest absolute Gasteiger partial charge is 0.151 e. The third-order valence-electron chi connectivity index (χ3n) is 3.81. The third-order valence-corrected chi connectivity index (χ3v) is 4.67. The van der Waals surface area contributed by atoms with Crippen molar-refractivity contribution in [3.05, 3.63) is 17.6 Å². The Hall–Kier alpha value is -1.31. The van der Waals surface area contributed by atoms with Crippen molar-refractivity contribution in [2.75, 3.05) is 24.3 Å². The summed E-state index contributed by atoms with van der Waals surface area (Å²) < 4.78 is 18.9. The van der Waals surface area contributed by atoms with Crippen molar-refractivity contribution in [1.82, 2.24) is 14.5 Å². The molecule has 128 valence electrons. The Morgan fingerprint density at radius 3 is 2.83 bits per heavy atom. The fourth-order valence-electron chi connectivity index (χ4n) is 2.66. The van der Waals surface area contributed by atoms with Crippen molar-refractivity contribution in [3.8, 4) is 0 Å². The molecule has 2 heterocycles. The van der Waals surface area contributed by atoms with E-state index in [0.29, 0.717) is 19.0 Å². The van der Waals surface area contributed by atoms with Crippen LogP contribution in [0, 0.1) is 6.92 Å². The lowest BCUT2D eigenvalue weighted by Crippen LogP contribution is -2.08. The van der Waals surface area contributed by atoms with E-state index in [1.54, 1.807) is 12.5 Å². The SMILES string of the molecule is CCOCc1nc2c(N)ncc(C)c2n1CCCCC[S+](C)[O-]. The van der Waals surface area contributed by atoms with Crippen LogP contribution in [0.4, 0.5) is 5.82 Å². The molecule has 0 aliphatic carbocycles. The lowest BCUT2D eigenvalue weighted by molar-refractivity contribution is 0.126. The van der Waals surface area contributed by atoms with Crippen molar-refractivity contribution >= 4 is 28.0 Å². The van der Waals surface area contributed by atoms with Gasteiger partial charge in [-0.05, 0) is 38.7 Å². The molecule has 0 spiro atoms. The van der Waals surface area contributed by atoms with E-state index < -0.39 is 11.2 Å². The topological polar surface area (TPSA) is 89.0 Å². The highest BCUT2D eigenvalue weighted by molar-refractivity contribution is 7.90. The number of ether oxygens (including phenoxy) is 1. The quantitative estimate of drug-likeness (QED) is 0.560. The lowest BCUT2D eigenvalue weighted by Gasteiger charge is -2.11. The maximum atomic E-state index is 11.1. The molecule has 1 unspecified atom stereocenters. The maximum absolute atomic E-state index is 11.1.